The standard InChI is InChI=1S/C14H18N2OS/c1-14(9-15,16-11-3-4-11)10-18-13-7-5-12(17-2)6-8-13/h5-8,11,16H,3-4,10H2,1-2H3. The summed E-state index contributed by atoms with van der Waals surface area (Å²) < 4.78 is 5.12. The van der Waals surface area contributed by atoms with Gasteiger partial charge in [-0.1, -0.05) is 0 Å². The van der Waals surface area contributed by atoms with Crippen molar-refractivity contribution in [1.82, 2.24) is 5.32 Å². The van der Waals surface area contributed by atoms with Gasteiger partial charge in [-0.3, -0.25) is 5.32 Å². The van der Waals surface area contributed by atoms with E-state index in [1.807, 2.05) is 31.2 Å². The van der Waals surface area contributed by atoms with Crippen molar-refractivity contribution in [3.63, 3.8) is 0 Å². The molecule has 0 heterocycles. The lowest BCUT2D eigenvalue weighted by Gasteiger charge is -2.22. The van der Waals surface area contributed by atoms with E-state index in [9.17, 15) is 5.26 Å². The van der Waals surface area contributed by atoms with Crippen LogP contribution in [0.15, 0.2) is 29.2 Å². The van der Waals surface area contributed by atoms with E-state index < -0.39 is 5.54 Å². The smallest absolute Gasteiger partial charge is 0.118 e. The molecule has 18 heavy (non-hydrogen) atoms. The summed E-state index contributed by atoms with van der Waals surface area (Å²) in [5.41, 5.74) is -0.439. The van der Waals surface area contributed by atoms with Gasteiger partial charge in [0.25, 0.3) is 0 Å². The lowest BCUT2D eigenvalue weighted by molar-refractivity contribution is 0.414. The van der Waals surface area contributed by atoms with Crippen LogP contribution >= 0.6 is 11.8 Å². The molecule has 1 saturated carbocycles. The summed E-state index contributed by atoms with van der Waals surface area (Å²) in [6.07, 6.45) is 2.40. The van der Waals surface area contributed by atoms with E-state index in [-0.39, 0.29) is 0 Å². The van der Waals surface area contributed by atoms with Crippen LogP contribution in [0.5, 0.6) is 5.75 Å². The Morgan fingerprint density at radius 1 is 1.44 bits per heavy atom. The molecular formula is C14H18N2OS. The Balaban J connectivity index is 1.90. The maximum atomic E-state index is 9.28. The Kier molecular flexibility index (Phi) is 4.15. The molecule has 0 aliphatic heterocycles. The molecule has 0 radical (unpaired) electrons. The highest BCUT2D eigenvalue weighted by Gasteiger charge is 2.32. The maximum Gasteiger partial charge on any atom is 0.118 e. The molecule has 1 aliphatic rings. The first-order valence-electron chi connectivity index (χ1n) is 6.11. The number of hydrogen-bond donors (Lipinski definition) is 1. The second-order valence-corrected chi connectivity index (χ2v) is 5.88. The van der Waals surface area contributed by atoms with Gasteiger partial charge in [-0.25, -0.2) is 0 Å². The van der Waals surface area contributed by atoms with Crippen LogP contribution in [-0.4, -0.2) is 24.4 Å². The molecule has 1 fully saturated rings. The molecule has 1 aromatic carbocycles. The molecular weight excluding hydrogens is 244 g/mol. The quantitative estimate of drug-likeness (QED) is 0.801. The third-order valence-corrected chi connectivity index (χ3v) is 4.26. The van der Waals surface area contributed by atoms with Crippen molar-refractivity contribution in [2.24, 2.45) is 0 Å². The van der Waals surface area contributed by atoms with Gasteiger partial charge < -0.3 is 4.74 Å². The first-order chi connectivity index (χ1) is 8.65. The fourth-order valence-corrected chi connectivity index (χ4v) is 2.62. The van der Waals surface area contributed by atoms with E-state index in [4.69, 9.17) is 4.74 Å². The van der Waals surface area contributed by atoms with Gasteiger partial charge in [-0.15, -0.1) is 11.8 Å². The minimum atomic E-state index is -0.439. The summed E-state index contributed by atoms with van der Waals surface area (Å²) in [5, 5.41) is 12.7. The van der Waals surface area contributed by atoms with Crippen LogP contribution in [0.25, 0.3) is 0 Å². The predicted octanol–water partition coefficient (Wildman–Crippen LogP) is 2.82. The average Bonchev–Trinajstić information content (AvgIpc) is 3.21. The molecule has 0 saturated heterocycles. The maximum absolute atomic E-state index is 9.28. The highest BCUT2D eigenvalue weighted by Crippen LogP contribution is 2.28. The van der Waals surface area contributed by atoms with Crippen LogP contribution in [0.3, 0.4) is 0 Å². The van der Waals surface area contributed by atoms with Gasteiger partial charge in [0.05, 0.1) is 13.2 Å². The van der Waals surface area contributed by atoms with E-state index in [0.717, 1.165) is 16.4 Å². The van der Waals surface area contributed by atoms with Gasteiger partial charge in [0, 0.05) is 16.7 Å². The van der Waals surface area contributed by atoms with E-state index in [1.165, 1.54) is 12.8 Å². The molecule has 1 unspecified atom stereocenters. The summed E-state index contributed by atoms with van der Waals surface area (Å²) in [6.45, 7) is 1.97. The van der Waals surface area contributed by atoms with Crippen molar-refractivity contribution in [1.29, 1.82) is 5.26 Å². The zero-order valence-corrected chi connectivity index (χ0v) is 11.6. The highest BCUT2D eigenvalue weighted by atomic mass is 32.2. The van der Waals surface area contributed by atoms with E-state index >= 15 is 0 Å². The van der Waals surface area contributed by atoms with Crippen molar-refractivity contribution < 1.29 is 4.74 Å². The van der Waals surface area contributed by atoms with E-state index in [1.54, 1.807) is 18.9 Å². The number of rotatable bonds is 6. The lowest BCUT2D eigenvalue weighted by atomic mass is 10.1. The molecule has 1 N–H and O–H groups in total. The number of ether oxygens (including phenoxy) is 1. The number of benzene rings is 1. The average molecular weight is 262 g/mol. The second kappa shape index (κ2) is 5.64. The Hall–Kier alpha value is -1.18. The number of nitrogens with zero attached hydrogens (tertiary/aromatic N) is 1. The van der Waals surface area contributed by atoms with Crippen molar-refractivity contribution in [3.8, 4) is 11.8 Å². The first kappa shape index (κ1) is 13.3. The molecule has 0 bridgehead atoms. The largest absolute Gasteiger partial charge is 0.497 e. The fourth-order valence-electron chi connectivity index (χ4n) is 1.68. The predicted molar refractivity (Wildman–Crippen MR) is 73.9 cm³/mol. The first-order valence-corrected chi connectivity index (χ1v) is 7.09. The number of nitriles is 1. The van der Waals surface area contributed by atoms with Crippen LogP contribution in [0.2, 0.25) is 0 Å². The number of nitrogens with one attached hydrogen (secondary N) is 1. The van der Waals surface area contributed by atoms with Crippen LogP contribution in [0.4, 0.5) is 0 Å². The summed E-state index contributed by atoms with van der Waals surface area (Å²) >= 11 is 1.70. The molecule has 1 atom stereocenters. The van der Waals surface area contributed by atoms with Gasteiger partial charge in [0.15, 0.2) is 0 Å². The SMILES string of the molecule is COc1ccc(SCC(C)(C#N)NC2CC2)cc1. The zero-order chi connectivity index (χ0) is 13.0. The fraction of sp³-hybridized carbons (Fsp3) is 0.500. The minimum absolute atomic E-state index is 0.439. The van der Waals surface area contributed by atoms with Gasteiger partial charge in [-0.2, -0.15) is 5.26 Å². The lowest BCUT2D eigenvalue weighted by Crippen LogP contribution is -2.44. The minimum Gasteiger partial charge on any atom is -0.497 e. The molecule has 0 spiro atoms. The Morgan fingerprint density at radius 2 is 2.11 bits per heavy atom. The second-order valence-electron chi connectivity index (χ2n) is 4.83. The van der Waals surface area contributed by atoms with E-state index in [2.05, 4.69) is 11.4 Å². The molecule has 3 nitrogen and oxygen atoms in total. The third kappa shape index (κ3) is 3.66. The van der Waals surface area contributed by atoms with Crippen LogP contribution in [-0.2, 0) is 0 Å². The summed E-state index contributed by atoms with van der Waals surface area (Å²) in [4.78, 5) is 1.16. The van der Waals surface area contributed by atoms with Crippen LogP contribution in [0.1, 0.15) is 19.8 Å². The highest BCUT2D eigenvalue weighted by molar-refractivity contribution is 7.99. The van der Waals surface area contributed by atoms with Crippen molar-refractivity contribution >= 4 is 11.8 Å². The molecule has 4 heteroatoms. The Bertz CT molecular complexity index is 436. The molecule has 1 aromatic rings. The topological polar surface area (TPSA) is 45.0 Å². The van der Waals surface area contributed by atoms with Gasteiger partial charge in [0.1, 0.15) is 11.3 Å². The molecule has 2 rings (SSSR count). The van der Waals surface area contributed by atoms with Crippen molar-refractivity contribution in [2.75, 3.05) is 12.9 Å². The monoisotopic (exact) mass is 262 g/mol. The summed E-state index contributed by atoms with van der Waals surface area (Å²) in [6, 6.07) is 10.9. The number of hydrogen-bond acceptors (Lipinski definition) is 4. The molecule has 0 aromatic heterocycles. The molecule has 1 aliphatic carbocycles. The summed E-state index contributed by atoms with van der Waals surface area (Å²) in [5.74, 6) is 1.62. The molecule has 0 amide bonds. The normalized spacial score (nSPS) is 17.8. The number of thioether (sulfide) groups is 1. The number of methoxy groups -OCH3 is 1. The van der Waals surface area contributed by atoms with Crippen LogP contribution in [0, 0.1) is 11.3 Å². The summed E-state index contributed by atoms with van der Waals surface area (Å²) in [7, 11) is 1.66. The van der Waals surface area contributed by atoms with Gasteiger partial charge in [-0.05, 0) is 44.0 Å². The van der Waals surface area contributed by atoms with Gasteiger partial charge >= 0.3 is 0 Å². The van der Waals surface area contributed by atoms with Crippen LogP contribution < -0.4 is 10.1 Å². The van der Waals surface area contributed by atoms with E-state index in [0.29, 0.717) is 6.04 Å². The van der Waals surface area contributed by atoms with Gasteiger partial charge in [0.2, 0.25) is 0 Å². The van der Waals surface area contributed by atoms with Crippen molar-refractivity contribution in [3.05, 3.63) is 24.3 Å². The van der Waals surface area contributed by atoms with Crippen molar-refractivity contribution in [2.45, 2.75) is 36.2 Å². The Labute approximate surface area is 113 Å². The zero-order valence-electron chi connectivity index (χ0n) is 10.8. The third-order valence-electron chi connectivity index (χ3n) is 2.93. The Morgan fingerprint density at radius 3 is 2.61 bits per heavy atom. The molecule has 96 valence electrons.